The predicted octanol–water partition coefficient (Wildman–Crippen LogP) is 1.47. The monoisotopic (exact) mass is 273 g/mol. The van der Waals surface area contributed by atoms with Crippen molar-refractivity contribution in [1.29, 1.82) is 0 Å². The lowest BCUT2D eigenvalue weighted by atomic mass is 10.1. The van der Waals surface area contributed by atoms with Gasteiger partial charge in [0.25, 0.3) is 5.56 Å². The first-order valence-electron chi connectivity index (χ1n) is 6.21. The summed E-state index contributed by atoms with van der Waals surface area (Å²) < 4.78 is 0. The summed E-state index contributed by atoms with van der Waals surface area (Å²) in [6.45, 7) is 3.60. The number of aliphatic carboxylic acids is 1. The largest absolute Gasteiger partial charge is 0.481 e. The number of aryl methyl sites for hydroxylation is 2. The average Bonchev–Trinajstić information content (AvgIpc) is 2.37. The molecule has 0 atom stereocenters. The molecule has 0 amide bonds. The zero-order valence-corrected chi connectivity index (χ0v) is 11.3. The number of hydrogen-bond acceptors (Lipinski definition) is 4. The van der Waals surface area contributed by atoms with Gasteiger partial charge in [0.15, 0.2) is 0 Å². The molecule has 0 aliphatic rings. The molecule has 2 N–H and O–H groups in total. The Balaban J connectivity index is 2.43. The van der Waals surface area contributed by atoms with Crippen molar-refractivity contribution >= 4 is 5.97 Å². The van der Waals surface area contributed by atoms with E-state index in [1.54, 1.807) is 25.4 Å². The minimum atomic E-state index is -0.933. The molecule has 0 saturated heterocycles. The molecule has 6 nitrogen and oxygen atoms in total. The Morgan fingerprint density at radius 3 is 2.75 bits per heavy atom. The fraction of sp³-hybridized carbons (Fsp3) is 0.286. The van der Waals surface area contributed by atoms with Crippen molar-refractivity contribution in [3.8, 4) is 11.4 Å². The van der Waals surface area contributed by atoms with Crippen LogP contribution < -0.4 is 5.56 Å². The normalized spacial score (nSPS) is 10.5. The van der Waals surface area contributed by atoms with Gasteiger partial charge in [-0.1, -0.05) is 0 Å². The maximum atomic E-state index is 12.1. The molecule has 0 bridgehead atoms. The second kappa shape index (κ2) is 5.64. The molecule has 0 fully saturated rings. The topological polar surface area (TPSA) is 95.9 Å². The molecule has 0 spiro atoms. The van der Waals surface area contributed by atoms with Gasteiger partial charge in [-0.05, 0) is 31.9 Å². The van der Waals surface area contributed by atoms with E-state index < -0.39 is 5.97 Å². The van der Waals surface area contributed by atoms with Crippen LogP contribution in [0.5, 0.6) is 0 Å². The van der Waals surface area contributed by atoms with Crippen molar-refractivity contribution in [3.63, 3.8) is 0 Å². The van der Waals surface area contributed by atoms with Crippen molar-refractivity contribution in [2.75, 3.05) is 0 Å². The Morgan fingerprint density at radius 2 is 2.15 bits per heavy atom. The van der Waals surface area contributed by atoms with Gasteiger partial charge in [0, 0.05) is 35.6 Å². The Hall–Kier alpha value is -2.50. The number of pyridine rings is 1. The molecular formula is C14H15N3O3. The van der Waals surface area contributed by atoms with Gasteiger partial charge in [0.1, 0.15) is 5.82 Å². The highest BCUT2D eigenvalue weighted by atomic mass is 16.4. The van der Waals surface area contributed by atoms with Crippen LogP contribution in [0.4, 0.5) is 0 Å². The van der Waals surface area contributed by atoms with Crippen LogP contribution in [0.15, 0.2) is 23.3 Å². The molecular weight excluding hydrogens is 258 g/mol. The van der Waals surface area contributed by atoms with Crippen LogP contribution in [0.25, 0.3) is 11.4 Å². The van der Waals surface area contributed by atoms with Crippen LogP contribution >= 0.6 is 0 Å². The third-order valence-corrected chi connectivity index (χ3v) is 3.09. The van der Waals surface area contributed by atoms with E-state index in [0.29, 0.717) is 17.1 Å². The van der Waals surface area contributed by atoms with E-state index in [9.17, 15) is 9.59 Å². The molecule has 0 unspecified atom stereocenters. The molecule has 2 heterocycles. The summed E-state index contributed by atoms with van der Waals surface area (Å²) in [7, 11) is 0. The van der Waals surface area contributed by atoms with Crippen LogP contribution in [0, 0.1) is 13.8 Å². The first-order chi connectivity index (χ1) is 9.49. The molecule has 0 saturated carbocycles. The van der Waals surface area contributed by atoms with E-state index in [-0.39, 0.29) is 18.4 Å². The molecule has 0 aliphatic carbocycles. The lowest BCUT2D eigenvalue weighted by Crippen LogP contribution is -2.18. The molecule has 0 aliphatic heterocycles. The number of rotatable bonds is 4. The second-order valence-electron chi connectivity index (χ2n) is 4.56. The van der Waals surface area contributed by atoms with Gasteiger partial charge in [-0.15, -0.1) is 0 Å². The first kappa shape index (κ1) is 13.9. The van der Waals surface area contributed by atoms with Crippen molar-refractivity contribution in [3.05, 3.63) is 45.6 Å². The fourth-order valence-electron chi connectivity index (χ4n) is 2.00. The van der Waals surface area contributed by atoms with Crippen LogP contribution in [-0.4, -0.2) is 26.0 Å². The summed E-state index contributed by atoms with van der Waals surface area (Å²) in [5.74, 6) is -0.454. The zero-order valence-electron chi connectivity index (χ0n) is 11.3. The molecule has 0 radical (unpaired) electrons. The number of carboxylic acid groups (broad SMARTS) is 1. The average molecular weight is 273 g/mol. The zero-order chi connectivity index (χ0) is 14.7. The van der Waals surface area contributed by atoms with Crippen LogP contribution in [0.2, 0.25) is 0 Å². The first-order valence-corrected chi connectivity index (χ1v) is 6.21. The quantitative estimate of drug-likeness (QED) is 0.879. The SMILES string of the molecule is Cc1cnccc1-c1nc(C)c(CCC(=O)O)c(=O)[nH]1. The minimum Gasteiger partial charge on any atom is -0.481 e. The van der Waals surface area contributed by atoms with E-state index >= 15 is 0 Å². The highest BCUT2D eigenvalue weighted by Crippen LogP contribution is 2.18. The number of aromatic nitrogens is 3. The van der Waals surface area contributed by atoms with Gasteiger partial charge >= 0.3 is 5.97 Å². The summed E-state index contributed by atoms with van der Waals surface area (Å²) in [4.78, 5) is 33.7. The van der Waals surface area contributed by atoms with Crippen molar-refractivity contribution in [2.45, 2.75) is 26.7 Å². The van der Waals surface area contributed by atoms with Crippen LogP contribution in [0.3, 0.4) is 0 Å². The molecule has 0 aromatic carbocycles. The highest BCUT2D eigenvalue weighted by molar-refractivity contribution is 5.67. The van der Waals surface area contributed by atoms with Gasteiger partial charge in [-0.2, -0.15) is 0 Å². The summed E-state index contributed by atoms with van der Waals surface area (Å²) >= 11 is 0. The van der Waals surface area contributed by atoms with Crippen LogP contribution in [0.1, 0.15) is 23.2 Å². The third-order valence-electron chi connectivity index (χ3n) is 3.09. The van der Waals surface area contributed by atoms with Gasteiger partial charge in [0.2, 0.25) is 0 Å². The van der Waals surface area contributed by atoms with Crippen molar-refractivity contribution < 1.29 is 9.90 Å². The Labute approximate surface area is 115 Å². The summed E-state index contributed by atoms with van der Waals surface area (Å²) in [6.07, 6.45) is 3.43. The van der Waals surface area contributed by atoms with Gasteiger partial charge in [0.05, 0.1) is 0 Å². The number of nitrogens with one attached hydrogen (secondary N) is 1. The Bertz CT molecular complexity index is 707. The standard InChI is InChI=1S/C14H15N3O3/c1-8-7-15-6-5-10(8)13-16-9(2)11(14(20)17-13)3-4-12(18)19/h5-7H,3-4H2,1-2H3,(H,18,19)(H,16,17,20). The molecule has 2 rings (SSSR count). The lowest BCUT2D eigenvalue weighted by Gasteiger charge is -2.08. The van der Waals surface area contributed by atoms with Gasteiger partial charge in [-0.25, -0.2) is 4.98 Å². The highest BCUT2D eigenvalue weighted by Gasteiger charge is 2.12. The number of hydrogen-bond donors (Lipinski definition) is 2. The number of aromatic amines is 1. The third kappa shape index (κ3) is 2.90. The van der Waals surface area contributed by atoms with Gasteiger partial charge < -0.3 is 10.1 Å². The number of H-pyrrole nitrogens is 1. The van der Waals surface area contributed by atoms with Crippen molar-refractivity contribution in [1.82, 2.24) is 15.0 Å². The fourth-order valence-corrected chi connectivity index (χ4v) is 2.00. The summed E-state index contributed by atoms with van der Waals surface area (Å²) in [6, 6.07) is 1.78. The van der Waals surface area contributed by atoms with E-state index in [2.05, 4.69) is 15.0 Å². The lowest BCUT2D eigenvalue weighted by molar-refractivity contribution is -0.136. The predicted molar refractivity (Wildman–Crippen MR) is 73.5 cm³/mol. The molecule has 20 heavy (non-hydrogen) atoms. The van der Waals surface area contributed by atoms with Crippen molar-refractivity contribution in [2.24, 2.45) is 0 Å². The van der Waals surface area contributed by atoms with Crippen LogP contribution in [-0.2, 0) is 11.2 Å². The van der Waals surface area contributed by atoms with E-state index in [1.807, 2.05) is 6.92 Å². The molecule has 6 heteroatoms. The number of nitrogens with zero attached hydrogens (tertiary/aromatic N) is 2. The summed E-state index contributed by atoms with van der Waals surface area (Å²) in [5, 5.41) is 8.69. The minimum absolute atomic E-state index is 0.0841. The second-order valence-corrected chi connectivity index (χ2v) is 4.56. The van der Waals surface area contributed by atoms with Gasteiger partial charge in [-0.3, -0.25) is 14.6 Å². The smallest absolute Gasteiger partial charge is 0.303 e. The van der Waals surface area contributed by atoms with E-state index in [0.717, 1.165) is 11.1 Å². The number of carboxylic acids is 1. The Morgan fingerprint density at radius 1 is 1.40 bits per heavy atom. The maximum absolute atomic E-state index is 12.1. The van der Waals surface area contributed by atoms with E-state index in [1.165, 1.54) is 0 Å². The maximum Gasteiger partial charge on any atom is 0.303 e. The number of carbonyl (C=O) groups is 1. The molecule has 2 aromatic rings. The molecule has 104 valence electrons. The summed E-state index contributed by atoms with van der Waals surface area (Å²) in [5.41, 5.74) is 2.41. The molecule has 2 aromatic heterocycles. The van der Waals surface area contributed by atoms with E-state index in [4.69, 9.17) is 5.11 Å². The Kier molecular flexibility index (Phi) is 3.93.